The number of ether oxygens (including phenoxy) is 1. The zero-order valence-electron chi connectivity index (χ0n) is 12.0. The largest absolute Gasteiger partial charge is 0.458 e. The van der Waals surface area contributed by atoms with E-state index in [-0.39, 0.29) is 23.5 Å². The summed E-state index contributed by atoms with van der Waals surface area (Å²) in [4.78, 5) is 35.7. The lowest BCUT2D eigenvalue weighted by molar-refractivity contribution is -0.151. The van der Waals surface area contributed by atoms with E-state index in [0.717, 1.165) is 19.3 Å². The van der Waals surface area contributed by atoms with Crippen molar-refractivity contribution in [3.05, 3.63) is 12.2 Å². The van der Waals surface area contributed by atoms with Crippen LogP contribution in [0.25, 0.3) is 0 Å². The molecule has 1 fully saturated rings. The highest BCUT2D eigenvalue weighted by atomic mass is 35.5. The van der Waals surface area contributed by atoms with E-state index in [1.54, 1.807) is 6.92 Å². The van der Waals surface area contributed by atoms with Crippen LogP contribution in [0.15, 0.2) is 12.2 Å². The van der Waals surface area contributed by atoms with Crippen molar-refractivity contribution in [2.24, 2.45) is 11.8 Å². The second kappa shape index (κ2) is 6.60. The Morgan fingerprint density at radius 3 is 2.95 bits per heavy atom. The number of carbonyl (C=O) groups is 3. The van der Waals surface area contributed by atoms with Crippen LogP contribution in [0.3, 0.4) is 0 Å². The molecule has 1 saturated heterocycles. The molecule has 0 unspecified atom stereocenters. The molecule has 0 spiro atoms. The Bertz CT molecular complexity index is 465. The minimum atomic E-state index is -1.17. The van der Waals surface area contributed by atoms with Gasteiger partial charge in [0.2, 0.25) is 5.91 Å². The summed E-state index contributed by atoms with van der Waals surface area (Å²) in [5.74, 6) is -0.936. The lowest BCUT2D eigenvalue weighted by atomic mass is 9.78. The lowest BCUT2D eigenvalue weighted by Gasteiger charge is -2.33. The van der Waals surface area contributed by atoms with Crippen molar-refractivity contribution in [2.75, 3.05) is 5.88 Å². The second-order valence-electron chi connectivity index (χ2n) is 5.74. The number of amides is 1. The first-order chi connectivity index (χ1) is 10.0. The highest BCUT2D eigenvalue weighted by molar-refractivity contribution is 6.18. The van der Waals surface area contributed by atoms with Crippen LogP contribution in [0.4, 0.5) is 0 Å². The van der Waals surface area contributed by atoms with Gasteiger partial charge in [0.1, 0.15) is 11.6 Å². The summed E-state index contributed by atoms with van der Waals surface area (Å²) in [6, 6.07) is -0.809. The zero-order valence-corrected chi connectivity index (χ0v) is 12.8. The fourth-order valence-electron chi connectivity index (χ4n) is 3.25. The fraction of sp³-hybridized carbons (Fsp3) is 0.667. The number of ketones is 1. The molecule has 21 heavy (non-hydrogen) atoms. The Labute approximate surface area is 129 Å². The number of alkyl halides is 1. The predicted octanol–water partition coefficient (Wildman–Crippen LogP) is 1.59. The van der Waals surface area contributed by atoms with E-state index in [2.05, 4.69) is 5.32 Å². The van der Waals surface area contributed by atoms with Gasteiger partial charge in [0.05, 0.1) is 5.92 Å². The molecule has 4 atom stereocenters. The average molecular weight is 314 g/mol. The van der Waals surface area contributed by atoms with Crippen molar-refractivity contribution >= 4 is 29.8 Å². The Balaban J connectivity index is 2.26. The van der Waals surface area contributed by atoms with Gasteiger partial charge in [0.15, 0.2) is 5.78 Å². The van der Waals surface area contributed by atoms with Gasteiger partial charge in [-0.05, 0) is 32.6 Å². The summed E-state index contributed by atoms with van der Waals surface area (Å²) in [7, 11) is 0. The third-order valence-electron chi connectivity index (χ3n) is 4.47. The normalized spacial score (nSPS) is 35.3. The Hall–Kier alpha value is -1.36. The second-order valence-corrected chi connectivity index (χ2v) is 6.12. The molecule has 116 valence electrons. The molecule has 0 saturated carbocycles. The van der Waals surface area contributed by atoms with E-state index in [9.17, 15) is 14.4 Å². The number of hydrogen-bond donors (Lipinski definition) is 1. The van der Waals surface area contributed by atoms with Gasteiger partial charge < -0.3 is 10.1 Å². The van der Waals surface area contributed by atoms with Crippen LogP contribution in [-0.4, -0.2) is 35.7 Å². The minimum absolute atomic E-state index is 0.0966. The van der Waals surface area contributed by atoms with Gasteiger partial charge in [0.25, 0.3) is 6.47 Å². The molecule has 6 heteroatoms. The summed E-state index contributed by atoms with van der Waals surface area (Å²) < 4.78 is 5.18. The number of nitrogens with one attached hydrogen (secondary N) is 1. The molecule has 0 bridgehead atoms. The molecule has 1 aliphatic heterocycles. The average Bonchev–Trinajstić information content (AvgIpc) is 2.73. The number of carbonyl (C=O) groups excluding carboxylic acids is 3. The van der Waals surface area contributed by atoms with Crippen LogP contribution in [0.1, 0.15) is 32.6 Å². The molecule has 0 radical (unpaired) electrons. The molecule has 1 heterocycles. The maximum atomic E-state index is 12.7. The van der Waals surface area contributed by atoms with Crippen molar-refractivity contribution in [1.29, 1.82) is 0 Å². The summed E-state index contributed by atoms with van der Waals surface area (Å²) in [5.41, 5.74) is -1.17. The number of halogens is 1. The Morgan fingerprint density at radius 1 is 1.62 bits per heavy atom. The van der Waals surface area contributed by atoms with Crippen molar-refractivity contribution in [3.63, 3.8) is 0 Å². The molecular weight excluding hydrogens is 294 g/mol. The van der Waals surface area contributed by atoms with Crippen molar-refractivity contribution < 1.29 is 19.1 Å². The Kier molecular flexibility index (Phi) is 5.04. The number of hydrogen-bond acceptors (Lipinski definition) is 4. The van der Waals surface area contributed by atoms with E-state index in [1.165, 1.54) is 0 Å². The van der Waals surface area contributed by atoms with E-state index in [0.29, 0.717) is 12.9 Å². The van der Waals surface area contributed by atoms with Crippen LogP contribution in [0.5, 0.6) is 0 Å². The van der Waals surface area contributed by atoms with Gasteiger partial charge in [-0.1, -0.05) is 12.2 Å². The highest BCUT2D eigenvalue weighted by Gasteiger charge is 2.57. The van der Waals surface area contributed by atoms with Gasteiger partial charge in [-0.25, -0.2) is 0 Å². The number of Topliss-reactive ketones (excluding diaryl/α,β-unsaturated/α-hetero) is 1. The summed E-state index contributed by atoms with van der Waals surface area (Å²) >= 11 is 5.73. The maximum Gasteiger partial charge on any atom is 0.293 e. The minimum Gasteiger partial charge on any atom is -0.458 e. The molecule has 5 nitrogen and oxygen atoms in total. The van der Waals surface area contributed by atoms with E-state index < -0.39 is 17.6 Å². The summed E-state index contributed by atoms with van der Waals surface area (Å²) in [5, 5.41) is 2.70. The first-order valence-electron chi connectivity index (χ1n) is 7.22. The number of allylic oxidation sites excluding steroid dienone is 2. The van der Waals surface area contributed by atoms with Crippen molar-refractivity contribution in [1.82, 2.24) is 5.32 Å². The van der Waals surface area contributed by atoms with Crippen molar-refractivity contribution in [3.8, 4) is 0 Å². The first kappa shape index (κ1) is 16.0. The maximum absolute atomic E-state index is 12.7. The molecule has 2 rings (SSSR count). The van der Waals surface area contributed by atoms with Gasteiger partial charge in [-0.3, -0.25) is 14.4 Å². The lowest BCUT2D eigenvalue weighted by Crippen LogP contribution is -2.52. The fourth-order valence-corrected chi connectivity index (χ4v) is 3.46. The van der Waals surface area contributed by atoms with E-state index >= 15 is 0 Å². The molecule has 2 aliphatic rings. The highest BCUT2D eigenvalue weighted by Crippen LogP contribution is 2.36. The monoisotopic (exact) mass is 313 g/mol. The van der Waals surface area contributed by atoms with Crippen LogP contribution in [0.2, 0.25) is 0 Å². The molecule has 1 N–H and O–H groups in total. The third kappa shape index (κ3) is 2.98. The third-order valence-corrected chi connectivity index (χ3v) is 4.69. The quantitative estimate of drug-likeness (QED) is 0.459. The first-order valence-corrected chi connectivity index (χ1v) is 7.76. The van der Waals surface area contributed by atoms with Gasteiger partial charge in [-0.15, -0.1) is 11.6 Å². The van der Waals surface area contributed by atoms with Gasteiger partial charge >= 0.3 is 0 Å². The van der Waals surface area contributed by atoms with E-state index in [4.69, 9.17) is 16.3 Å². The molecule has 0 aromatic rings. The van der Waals surface area contributed by atoms with Crippen LogP contribution in [-0.2, 0) is 19.1 Å². The van der Waals surface area contributed by atoms with Crippen LogP contribution < -0.4 is 5.32 Å². The zero-order chi connectivity index (χ0) is 15.5. The van der Waals surface area contributed by atoms with Gasteiger partial charge in [0, 0.05) is 11.8 Å². The molecular formula is C15H20ClNO4. The number of rotatable bonds is 6. The predicted molar refractivity (Wildman–Crippen MR) is 77.8 cm³/mol. The van der Waals surface area contributed by atoms with E-state index in [1.807, 2.05) is 12.2 Å². The SMILES string of the molecule is C[C@@]1(OC=O)[C@@H](C(=O)[C@@H]2C=CCCC2)NC(=O)[C@@H]1CCCl. The summed E-state index contributed by atoms with van der Waals surface area (Å²) in [6.07, 6.45) is 6.91. The van der Waals surface area contributed by atoms with Gasteiger partial charge in [-0.2, -0.15) is 0 Å². The van der Waals surface area contributed by atoms with Crippen LogP contribution in [0, 0.1) is 11.8 Å². The summed E-state index contributed by atoms with van der Waals surface area (Å²) in [6.45, 7) is 1.93. The Morgan fingerprint density at radius 2 is 2.38 bits per heavy atom. The molecule has 0 aromatic heterocycles. The molecule has 0 aromatic carbocycles. The van der Waals surface area contributed by atoms with Crippen LogP contribution >= 0.6 is 11.6 Å². The van der Waals surface area contributed by atoms with Crippen molar-refractivity contribution in [2.45, 2.75) is 44.2 Å². The smallest absolute Gasteiger partial charge is 0.293 e. The standard InChI is InChI=1S/C15H20ClNO4/c1-15(21-9-18)11(7-8-16)14(20)17-13(15)12(19)10-5-3-2-4-6-10/h3,5,9-11,13H,2,4,6-8H2,1H3,(H,17,20)/t10-,11+,13-,15+/m1/s1. The topological polar surface area (TPSA) is 72.5 Å². The molecule has 1 amide bonds. The molecule has 1 aliphatic carbocycles.